The number of hydrogen-bond acceptors (Lipinski definition) is 4. The molecule has 0 aliphatic rings. The molecular formula is C13H18N2O5. The molecule has 0 atom stereocenters. The third kappa shape index (κ3) is 4.77. The van der Waals surface area contributed by atoms with Gasteiger partial charge in [-0.1, -0.05) is 6.07 Å². The smallest absolute Gasteiger partial charge is 0.339 e. The summed E-state index contributed by atoms with van der Waals surface area (Å²) in [5.74, 6) is -1.72. The van der Waals surface area contributed by atoms with Gasteiger partial charge in [-0.05, 0) is 25.0 Å². The summed E-state index contributed by atoms with van der Waals surface area (Å²) in [6.07, 6.45) is 1.60. The van der Waals surface area contributed by atoms with Gasteiger partial charge in [-0.2, -0.15) is 0 Å². The molecule has 1 aromatic rings. The van der Waals surface area contributed by atoms with Crippen molar-refractivity contribution in [2.45, 2.75) is 12.8 Å². The molecule has 7 nitrogen and oxygen atoms in total. The van der Waals surface area contributed by atoms with E-state index in [1.165, 1.54) is 18.2 Å². The molecule has 0 aliphatic heterocycles. The molecule has 2 amide bonds. The number of para-hydroxylation sites is 1. The van der Waals surface area contributed by atoms with Crippen molar-refractivity contribution < 1.29 is 24.5 Å². The van der Waals surface area contributed by atoms with Crippen LogP contribution < -0.4 is 10.6 Å². The molecule has 0 saturated carbocycles. The lowest BCUT2D eigenvalue weighted by Crippen LogP contribution is -2.29. The second-order valence-corrected chi connectivity index (χ2v) is 4.09. The molecule has 0 radical (unpaired) electrons. The van der Waals surface area contributed by atoms with Gasteiger partial charge in [-0.3, -0.25) is 0 Å². The number of rotatable bonds is 7. The quantitative estimate of drug-likeness (QED) is 0.449. The van der Waals surface area contributed by atoms with Gasteiger partial charge in [0.05, 0.1) is 5.69 Å². The van der Waals surface area contributed by atoms with Crippen molar-refractivity contribution in [1.29, 1.82) is 0 Å². The third-order valence-corrected chi connectivity index (χ3v) is 2.58. The third-order valence-electron chi connectivity index (χ3n) is 2.58. The van der Waals surface area contributed by atoms with Crippen LogP contribution >= 0.6 is 0 Å². The summed E-state index contributed by atoms with van der Waals surface area (Å²) in [6.45, 7) is 1.10. The molecule has 1 rings (SSSR count). The molecule has 0 heterocycles. The Morgan fingerprint density at radius 2 is 2.05 bits per heavy atom. The Bertz CT molecular complexity index is 476. The van der Waals surface area contributed by atoms with E-state index in [-0.39, 0.29) is 11.3 Å². The minimum atomic E-state index is -1.26. The predicted molar refractivity (Wildman–Crippen MR) is 73.2 cm³/mol. The summed E-state index contributed by atoms with van der Waals surface area (Å²) >= 11 is 0. The average Bonchev–Trinajstić information content (AvgIpc) is 2.40. The Morgan fingerprint density at radius 1 is 1.30 bits per heavy atom. The summed E-state index contributed by atoms with van der Waals surface area (Å²) in [4.78, 5) is 22.4. The van der Waals surface area contributed by atoms with Gasteiger partial charge in [0.25, 0.3) is 0 Å². The zero-order valence-electron chi connectivity index (χ0n) is 11.2. The largest absolute Gasteiger partial charge is 0.505 e. The molecule has 0 aromatic heterocycles. The number of ether oxygens (including phenoxy) is 1. The number of methoxy groups -OCH3 is 1. The van der Waals surface area contributed by atoms with E-state index in [0.29, 0.717) is 13.2 Å². The zero-order chi connectivity index (χ0) is 15.0. The number of unbranched alkanes of at least 4 members (excludes halogenated alkanes) is 1. The summed E-state index contributed by atoms with van der Waals surface area (Å²) in [5, 5.41) is 23.6. The van der Waals surface area contributed by atoms with Crippen LogP contribution in [0, 0.1) is 0 Å². The van der Waals surface area contributed by atoms with Gasteiger partial charge in [0.1, 0.15) is 5.56 Å². The van der Waals surface area contributed by atoms with E-state index in [9.17, 15) is 14.7 Å². The van der Waals surface area contributed by atoms with Crippen molar-refractivity contribution >= 4 is 17.7 Å². The number of hydrogen-bond donors (Lipinski definition) is 4. The SMILES string of the molecule is COCCCCNC(=O)Nc1cccc(C(=O)O)c1O. The number of carbonyl (C=O) groups is 2. The molecule has 0 fully saturated rings. The number of amides is 2. The fraction of sp³-hybridized carbons (Fsp3) is 0.385. The predicted octanol–water partition coefficient (Wildman–Crippen LogP) is 1.64. The maximum atomic E-state index is 11.6. The van der Waals surface area contributed by atoms with Gasteiger partial charge in [0, 0.05) is 20.3 Å². The molecule has 7 heteroatoms. The normalized spacial score (nSPS) is 10.1. The number of benzene rings is 1. The zero-order valence-corrected chi connectivity index (χ0v) is 11.2. The standard InChI is InChI=1S/C13H18N2O5/c1-20-8-3-2-7-14-13(19)15-10-6-4-5-9(11(10)16)12(17)18/h4-6,16H,2-3,7-8H2,1H3,(H,17,18)(H2,14,15,19). The van der Waals surface area contributed by atoms with Crippen molar-refractivity contribution in [3.8, 4) is 5.75 Å². The lowest BCUT2D eigenvalue weighted by molar-refractivity contribution is 0.0693. The maximum absolute atomic E-state index is 11.6. The highest BCUT2D eigenvalue weighted by atomic mass is 16.5. The number of anilines is 1. The molecule has 20 heavy (non-hydrogen) atoms. The monoisotopic (exact) mass is 282 g/mol. The van der Waals surface area contributed by atoms with Crippen LogP contribution in [0.2, 0.25) is 0 Å². The van der Waals surface area contributed by atoms with Crippen molar-refractivity contribution in [3.63, 3.8) is 0 Å². The van der Waals surface area contributed by atoms with E-state index in [0.717, 1.165) is 12.8 Å². The fourth-order valence-corrected chi connectivity index (χ4v) is 1.56. The maximum Gasteiger partial charge on any atom is 0.339 e. The van der Waals surface area contributed by atoms with Crippen LogP contribution in [0.1, 0.15) is 23.2 Å². The number of carboxylic acid groups (broad SMARTS) is 1. The van der Waals surface area contributed by atoms with Gasteiger partial charge < -0.3 is 25.6 Å². The van der Waals surface area contributed by atoms with E-state index >= 15 is 0 Å². The lowest BCUT2D eigenvalue weighted by atomic mass is 10.1. The van der Waals surface area contributed by atoms with Crippen LogP contribution in [0.25, 0.3) is 0 Å². The molecule has 0 spiro atoms. The molecular weight excluding hydrogens is 264 g/mol. The molecule has 4 N–H and O–H groups in total. The van der Waals surface area contributed by atoms with E-state index < -0.39 is 17.7 Å². The van der Waals surface area contributed by atoms with Crippen LogP contribution in [0.4, 0.5) is 10.5 Å². The lowest BCUT2D eigenvalue weighted by Gasteiger charge is -2.10. The van der Waals surface area contributed by atoms with E-state index in [1.54, 1.807) is 7.11 Å². The Labute approximate surface area is 116 Å². The molecule has 0 aliphatic carbocycles. The number of urea groups is 1. The number of aromatic hydroxyl groups is 1. The first kappa shape index (κ1) is 15.8. The van der Waals surface area contributed by atoms with Gasteiger partial charge in [-0.25, -0.2) is 9.59 Å². The Balaban J connectivity index is 2.50. The average molecular weight is 282 g/mol. The highest BCUT2D eigenvalue weighted by Crippen LogP contribution is 2.27. The van der Waals surface area contributed by atoms with Crippen molar-refractivity contribution in [2.75, 3.05) is 25.6 Å². The van der Waals surface area contributed by atoms with Crippen LogP contribution in [0.15, 0.2) is 18.2 Å². The topological polar surface area (TPSA) is 108 Å². The first-order valence-electron chi connectivity index (χ1n) is 6.15. The second kappa shape index (κ2) is 8.00. The fourth-order valence-electron chi connectivity index (χ4n) is 1.56. The minimum Gasteiger partial charge on any atom is -0.505 e. The molecule has 0 saturated heterocycles. The number of nitrogens with one attached hydrogen (secondary N) is 2. The Hall–Kier alpha value is -2.28. The first-order chi connectivity index (χ1) is 9.56. The molecule has 0 unspecified atom stereocenters. The summed E-state index contributed by atoms with van der Waals surface area (Å²) < 4.78 is 4.88. The summed E-state index contributed by atoms with van der Waals surface area (Å²) in [7, 11) is 1.61. The van der Waals surface area contributed by atoms with E-state index in [1.807, 2.05) is 0 Å². The summed E-state index contributed by atoms with van der Waals surface area (Å²) in [6, 6.07) is 3.62. The number of carbonyl (C=O) groups excluding carboxylic acids is 1. The van der Waals surface area contributed by atoms with Crippen LogP contribution in [0.3, 0.4) is 0 Å². The van der Waals surface area contributed by atoms with Crippen LogP contribution in [-0.4, -0.2) is 42.5 Å². The summed E-state index contributed by atoms with van der Waals surface area (Å²) in [5.41, 5.74) is -0.206. The number of carboxylic acids is 1. The Morgan fingerprint density at radius 3 is 2.70 bits per heavy atom. The first-order valence-corrected chi connectivity index (χ1v) is 6.15. The van der Waals surface area contributed by atoms with Crippen molar-refractivity contribution in [2.24, 2.45) is 0 Å². The van der Waals surface area contributed by atoms with Gasteiger partial charge >= 0.3 is 12.0 Å². The molecule has 0 bridgehead atoms. The highest BCUT2D eigenvalue weighted by molar-refractivity contribution is 5.97. The van der Waals surface area contributed by atoms with Crippen LogP contribution in [0.5, 0.6) is 5.75 Å². The minimum absolute atomic E-state index is 0.0549. The van der Waals surface area contributed by atoms with Gasteiger partial charge in [-0.15, -0.1) is 0 Å². The number of aromatic carboxylic acids is 1. The van der Waals surface area contributed by atoms with E-state index in [4.69, 9.17) is 9.84 Å². The van der Waals surface area contributed by atoms with Crippen molar-refractivity contribution in [1.82, 2.24) is 5.32 Å². The van der Waals surface area contributed by atoms with Gasteiger partial charge in [0.2, 0.25) is 0 Å². The highest BCUT2D eigenvalue weighted by Gasteiger charge is 2.14. The van der Waals surface area contributed by atoms with Gasteiger partial charge in [0.15, 0.2) is 5.75 Å². The molecule has 1 aromatic carbocycles. The van der Waals surface area contributed by atoms with E-state index in [2.05, 4.69) is 10.6 Å². The van der Waals surface area contributed by atoms with Crippen LogP contribution in [-0.2, 0) is 4.74 Å². The second-order valence-electron chi connectivity index (χ2n) is 4.09. The number of phenols is 1. The van der Waals surface area contributed by atoms with Crippen molar-refractivity contribution in [3.05, 3.63) is 23.8 Å². The Kier molecular flexibility index (Phi) is 6.31. The molecule has 110 valence electrons.